The van der Waals surface area contributed by atoms with Crippen molar-refractivity contribution >= 4 is 43.9 Å². The molecule has 4 radical (unpaired) electrons. The van der Waals surface area contributed by atoms with Crippen LogP contribution in [-0.4, -0.2) is 180 Å². The molecule has 0 saturated carbocycles. The number of terminal acetylenes is 1. The first-order valence-electron chi connectivity index (χ1n) is 22.2. The summed E-state index contributed by atoms with van der Waals surface area (Å²) >= 11 is 0. The molecule has 0 aromatic rings. The number of carbonyl (C=O) groups is 1. The Morgan fingerprint density at radius 1 is 0.559 bits per heavy atom. The molecule has 14 nitrogen and oxygen atoms in total. The van der Waals surface area contributed by atoms with Gasteiger partial charge in [-0.25, -0.2) is 7.11 Å². The molecule has 8 aliphatic heterocycles. The Kier molecular flexibility index (Phi) is 64.0. The molecule has 2 N–H and O–H groups in total. The minimum absolute atomic E-state index is 0. The maximum Gasteiger partial charge on any atom is 0.219 e. The summed E-state index contributed by atoms with van der Waals surface area (Å²) in [6.45, 7) is 21.6. The Bertz CT molecular complexity index is 1180. The maximum atomic E-state index is 11.0. The van der Waals surface area contributed by atoms with Crippen molar-refractivity contribution in [3.8, 4) is 12.8 Å². The molecule has 0 aromatic heterocycles. The van der Waals surface area contributed by atoms with Crippen LogP contribution in [0.1, 0.15) is 94.9 Å². The van der Waals surface area contributed by atoms with Crippen LogP contribution in [0.3, 0.4) is 0 Å². The number of likely N-dealkylation sites (tertiary alicyclic amines) is 4. The van der Waals surface area contributed by atoms with Gasteiger partial charge in [0, 0.05) is 191 Å². The number of hydrogen-bond donors (Lipinski definition) is 2. The molecule has 8 aliphatic rings. The monoisotopic (exact) mass is 1300 g/mol. The Labute approximate surface area is 524 Å². The van der Waals surface area contributed by atoms with Crippen LogP contribution in [0.25, 0.3) is 0 Å². The number of rotatable bonds is 8. The minimum atomic E-state index is 0. The van der Waals surface area contributed by atoms with Crippen molar-refractivity contribution in [2.75, 3.05) is 126 Å². The molecule has 8 saturated heterocycles. The van der Waals surface area contributed by atoms with E-state index in [9.17, 15) is 19.2 Å². The number of methoxy groups -OCH3 is 2. The predicted molar refractivity (Wildman–Crippen MR) is 274 cm³/mol. The normalized spacial score (nSPS) is 20.8. The quantitative estimate of drug-likeness (QED) is 0.188. The molecule has 8 heterocycles. The number of hydrogen-bond acceptors (Lipinski definition) is 10. The summed E-state index contributed by atoms with van der Waals surface area (Å²) in [6, 6.07) is 0. The molecule has 0 bridgehead atoms. The number of carbonyl (C=O) groups excluding carboxylic acids is 4. The molecule has 20 heteroatoms. The molecule has 2 atom stereocenters. The molecule has 68 heavy (non-hydrogen) atoms. The van der Waals surface area contributed by atoms with Gasteiger partial charge in [0.2, 0.25) is 5.91 Å². The van der Waals surface area contributed by atoms with Crippen molar-refractivity contribution in [2.45, 2.75) is 94.9 Å². The van der Waals surface area contributed by atoms with Gasteiger partial charge in [0.15, 0.2) is 0 Å². The first-order chi connectivity index (χ1) is 29.1. The summed E-state index contributed by atoms with van der Waals surface area (Å²) in [6.07, 6.45) is 23.6. The van der Waals surface area contributed by atoms with Crippen LogP contribution >= 0.6 is 18.8 Å². The Morgan fingerprint density at radius 3 is 1.04 bits per heavy atom. The molecule has 0 aromatic carbocycles. The van der Waals surface area contributed by atoms with Crippen molar-refractivity contribution in [1.82, 2.24) is 39.6 Å². The molecule has 2 unspecified atom stereocenters. The summed E-state index contributed by atoms with van der Waals surface area (Å²) in [4.78, 5) is 49.2. The summed E-state index contributed by atoms with van der Waals surface area (Å²) < 4.78 is 13.2. The summed E-state index contributed by atoms with van der Waals surface area (Å²) in [5, 5.41) is 6.70. The second-order valence-electron chi connectivity index (χ2n) is 17.2. The summed E-state index contributed by atoms with van der Waals surface area (Å²) in [5.41, 5.74) is 0. The van der Waals surface area contributed by atoms with Gasteiger partial charge in [0.05, 0.1) is 0 Å². The van der Waals surface area contributed by atoms with Crippen molar-refractivity contribution in [3.05, 3.63) is 7.11 Å². The van der Waals surface area contributed by atoms with Crippen LogP contribution in [0.5, 0.6) is 0 Å². The van der Waals surface area contributed by atoms with Gasteiger partial charge in [-0.3, -0.25) is 14.1 Å². The molecule has 8 rings (SSSR count). The molecule has 0 aliphatic carbocycles. The zero-order chi connectivity index (χ0) is 44.3. The number of nitrogens with one attached hydrogen (secondary N) is 2. The van der Waals surface area contributed by atoms with Gasteiger partial charge in [-0.2, -0.15) is 19.2 Å². The third-order valence-corrected chi connectivity index (χ3v) is 14.2. The van der Waals surface area contributed by atoms with Gasteiger partial charge in [-0.1, -0.05) is 48.5 Å². The van der Waals surface area contributed by atoms with E-state index >= 15 is 0 Å². The Hall–Kier alpha value is 2.48. The molecular weight excluding hydrogens is 1200 g/mol. The number of amides is 4. The van der Waals surface area contributed by atoms with E-state index < -0.39 is 0 Å². The van der Waals surface area contributed by atoms with Crippen molar-refractivity contribution < 1.29 is 159 Å². The van der Waals surface area contributed by atoms with E-state index in [2.05, 4.69) is 68.2 Å². The first-order valence-corrected chi connectivity index (χ1v) is 23.3. The molecule has 390 valence electrons. The first kappa shape index (κ1) is 84.4. The van der Waals surface area contributed by atoms with Gasteiger partial charge in [0.1, 0.15) is 0 Å². The maximum absolute atomic E-state index is 11.0. The van der Waals surface area contributed by atoms with E-state index in [1.165, 1.54) is 98.0 Å². The van der Waals surface area contributed by atoms with Crippen molar-refractivity contribution in [2.24, 2.45) is 47.3 Å². The Morgan fingerprint density at radius 2 is 0.824 bits per heavy atom. The smallest absolute Gasteiger partial charge is 0.219 e. The summed E-state index contributed by atoms with van der Waals surface area (Å²) in [7, 11) is 11.7. The van der Waals surface area contributed by atoms with Gasteiger partial charge in [0.25, 0.3) is 0 Å². The topological polar surface area (TPSA) is 130 Å². The third-order valence-electron chi connectivity index (χ3n) is 13.4. The van der Waals surface area contributed by atoms with E-state index in [-0.39, 0.29) is 166 Å². The zero-order valence-corrected chi connectivity index (χ0v) is 53.4. The number of piperidine rings is 4. The van der Waals surface area contributed by atoms with Crippen LogP contribution in [0, 0.1) is 67.3 Å². The molecular formula is C48H96N8O6P2Y4-4. The SMILES string of the molecule is C.C.C.C.C#C.CC(=O)N1CC(C2CCN([C-]=O)CC2)C1.CCOC.O=[C-]N1CCC(C2CN(P)C2)CC1.O=[C-]N1CCC(C2CNC2)CC1.PN1CC(C2CCNCC2)C1.[CH2-]OC.[Y].[Y].[Y].[Y]. The van der Waals surface area contributed by atoms with Crippen LogP contribution in [-0.2, 0) is 159 Å². The van der Waals surface area contributed by atoms with Crippen molar-refractivity contribution in [3.63, 3.8) is 0 Å². The van der Waals surface area contributed by atoms with E-state index in [1.54, 1.807) is 28.7 Å². The van der Waals surface area contributed by atoms with Gasteiger partial charge >= 0.3 is 0 Å². The molecule has 4 amide bonds. The van der Waals surface area contributed by atoms with E-state index in [0.717, 1.165) is 107 Å². The predicted octanol–water partition coefficient (Wildman–Crippen LogP) is 5.29. The zero-order valence-electron chi connectivity index (χ0n) is 39.8. The van der Waals surface area contributed by atoms with Gasteiger partial charge in [-0.05, 0) is 178 Å². The second-order valence-corrected chi connectivity index (χ2v) is 18.7. The van der Waals surface area contributed by atoms with E-state index in [4.69, 9.17) is 0 Å². The van der Waals surface area contributed by atoms with Crippen LogP contribution < -0.4 is 10.6 Å². The summed E-state index contributed by atoms with van der Waals surface area (Å²) in [5.74, 6) is 7.06. The third kappa shape index (κ3) is 32.8. The van der Waals surface area contributed by atoms with Crippen LogP contribution in [0.2, 0.25) is 0 Å². The average Bonchev–Trinajstić information content (AvgIpc) is 3.23. The van der Waals surface area contributed by atoms with E-state index in [1.807, 2.05) is 31.1 Å². The fraction of sp³-hybridized carbons (Fsp3) is 0.854. The number of nitrogens with zero attached hydrogens (tertiary/aromatic N) is 6. The van der Waals surface area contributed by atoms with Gasteiger partial charge in [-0.15, -0.1) is 12.8 Å². The fourth-order valence-corrected chi connectivity index (χ4v) is 10.2. The minimum Gasteiger partial charge on any atom is -0.557 e. The van der Waals surface area contributed by atoms with Crippen LogP contribution in [0.15, 0.2) is 0 Å². The average molecular weight is 1300 g/mol. The largest absolute Gasteiger partial charge is 0.557 e. The number of ether oxygens (including phenoxy) is 2. The van der Waals surface area contributed by atoms with E-state index in [0.29, 0.717) is 11.8 Å². The fourth-order valence-electron chi connectivity index (χ4n) is 9.11. The van der Waals surface area contributed by atoms with Crippen molar-refractivity contribution in [1.29, 1.82) is 0 Å². The standard InChI is InChI=1S/C11H17N2O2.C9H16N2OP.C9H15N2O.C8H17N2P.C3H8O.C2H5O.C2H2.4CH4.4Y/c1-9(15)13-6-11(7-13)10-2-4-12(8-14)5-3-10;12-7-10-3-1-8(2-4-10)9-5-11(13)6-9;12-7-11-3-1-8(2-4-11)9-5-10-6-9;11-10-5-8(6-10)7-1-3-9-4-2-7;1-3-4-2;1-3-2;1-2;;;;;;;;/h10-11H,2-7H2,1H3;8-9H,1-6,13H2;8-10H,1-6H2;7-9H,1-6,11H2;3H2,1-2H3;1H2,2H3;1-2H;4*1H4;;;;/q3*-1;;;-1;;;;;;;;;. The molecule has 8 fully saturated rings. The van der Waals surface area contributed by atoms with Crippen LogP contribution in [0.4, 0.5) is 0 Å². The second kappa shape index (κ2) is 51.6. The molecule has 0 spiro atoms. The van der Waals surface area contributed by atoms with Gasteiger partial charge < -0.3 is 54.1 Å². The Balaban J connectivity index is -0.000000133.